The lowest BCUT2D eigenvalue weighted by Gasteiger charge is -2.33. The van der Waals surface area contributed by atoms with E-state index in [0.717, 1.165) is 24.3 Å². The molecule has 0 fully saturated rings. The van der Waals surface area contributed by atoms with Crippen molar-refractivity contribution in [1.82, 2.24) is 15.5 Å². The van der Waals surface area contributed by atoms with Crippen molar-refractivity contribution < 1.29 is 14.6 Å². The van der Waals surface area contributed by atoms with Crippen molar-refractivity contribution in [3.05, 3.63) is 47.7 Å². The third-order valence-electron chi connectivity index (χ3n) is 5.58. The Labute approximate surface area is 200 Å². The first kappa shape index (κ1) is 28.8. The van der Waals surface area contributed by atoms with Gasteiger partial charge >= 0.3 is 0 Å². The van der Waals surface area contributed by atoms with Gasteiger partial charge in [-0.15, -0.1) is 0 Å². The number of allylic oxidation sites excluding steroid dienone is 3. The highest BCUT2D eigenvalue weighted by Gasteiger charge is 2.22. The molecule has 0 bridgehead atoms. The van der Waals surface area contributed by atoms with Crippen LogP contribution in [0.15, 0.2) is 52.7 Å². The summed E-state index contributed by atoms with van der Waals surface area (Å²) in [5.74, 6) is 0.811. The molecular formula is C26H44N4O3. The Kier molecular flexibility index (Phi) is 12.3. The molecule has 0 aromatic rings. The van der Waals surface area contributed by atoms with E-state index in [2.05, 4.69) is 36.1 Å². The molecule has 0 spiro atoms. The standard InChI is InChI=1S/C26H44N4O3/c1-10-19(5)26(32)28-21(7)15-18(4)11-12-20(6)23-16-25(31)30(22(8)29-23)14-13-24(33-9)27-17(2)3/h11-12,15-17,19,21,24-25,27,31H,6,10,13-14H2,1-5,7-9H3,(H,28,32)/b12-11-,18-15-. The molecule has 1 aliphatic rings. The highest BCUT2D eigenvalue weighted by atomic mass is 16.5. The van der Waals surface area contributed by atoms with Crippen LogP contribution in [0.25, 0.3) is 0 Å². The second kappa shape index (κ2) is 14.1. The number of carbonyl (C=O) groups is 1. The summed E-state index contributed by atoms with van der Waals surface area (Å²) in [5.41, 5.74) is 2.38. The number of amides is 1. The zero-order valence-corrected chi connectivity index (χ0v) is 21.7. The van der Waals surface area contributed by atoms with Crippen molar-refractivity contribution in [3.8, 4) is 0 Å². The lowest BCUT2D eigenvalue weighted by atomic mass is 10.1. The van der Waals surface area contributed by atoms with E-state index in [9.17, 15) is 9.90 Å². The zero-order valence-electron chi connectivity index (χ0n) is 21.7. The van der Waals surface area contributed by atoms with E-state index in [1.54, 1.807) is 13.2 Å². The number of aliphatic imine (C=N–C) groups is 1. The Hall–Kier alpha value is -2.22. The van der Waals surface area contributed by atoms with Gasteiger partial charge in [0.2, 0.25) is 5.91 Å². The van der Waals surface area contributed by atoms with Crippen LogP contribution in [0, 0.1) is 5.92 Å². The first-order valence-electron chi connectivity index (χ1n) is 11.8. The third kappa shape index (κ3) is 10.1. The molecule has 3 N–H and O–H groups in total. The molecule has 1 aliphatic heterocycles. The fraction of sp³-hybridized carbons (Fsp3) is 0.615. The molecule has 0 saturated carbocycles. The summed E-state index contributed by atoms with van der Waals surface area (Å²) in [7, 11) is 1.68. The van der Waals surface area contributed by atoms with Gasteiger partial charge in [-0.25, -0.2) is 4.99 Å². The van der Waals surface area contributed by atoms with Crippen LogP contribution in [0.3, 0.4) is 0 Å². The largest absolute Gasteiger partial charge is 0.370 e. The fourth-order valence-electron chi connectivity index (χ4n) is 3.43. The van der Waals surface area contributed by atoms with Crippen molar-refractivity contribution in [1.29, 1.82) is 0 Å². The van der Waals surface area contributed by atoms with E-state index in [1.807, 2.05) is 57.7 Å². The van der Waals surface area contributed by atoms with E-state index in [4.69, 9.17) is 4.74 Å². The molecule has 4 atom stereocenters. The molecule has 186 valence electrons. The van der Waals surface area contributed by atoms with Crippen LogP contribution in [-0.4, -0.2) is 59.9 Å². The summed E-state index contributed by atoms with van der Waals surface area (Å²) in [5, 5.41) is 17.0. The highest BCUT2D eigenvalue weighted by molar-refractivity contribution is 5.83. The van der Waals surface area contributed by atoms with E-state index < -0.39 is 6.23 Å². The summed E-state index contributed by atoms with van der Waals surface area (Å²) >= 11 is 0. The van der Waals surface area contributed by atoms with Gasteiger partial charge in [0, 0.05) is 38.1 Å². The zero-order chi connectivity index (χ0) is 25.1. The molecule has 1 heterocycles. The molecule has 0 aliphatic carbocycles. The SMILES string of the molecule is C=C(/C=C\C(C)=C/C(C)NC(=O)C(C)CC)C1=CC(O)N(CCC(NC(C)C)OC)C(C)=N1. The molecule has 4 unspecified atom stereocenters. The van der Waals surface area contributed by atoms with Crippen LogP contribution in [0.2, 0.25) is 0 Å². The Morgan fingerprint density at radius 1 is 1.33 bits per heavy atom. The Balaban J connectivity index is 2.72. The van der Waals surface area contributed by atoms with Gasteiger partial charge in [0.1, 0.15) is 18.3 Å². The topological polar surface area (TPSA) is 86.2 Å². The normalized spacial score (nSPS) is 19.9. The van der Waals surface area contributed by atoms with Crippen molar-refractivity contribution in [2.75, 3.05) is 13.7 Å². The number of amidine groups is 1. The number of nitrogens with zero attached hydrogens (tertiary/aromatic N) is 2. The quantitative estimate of drug-likeness (QED) is 0.287. The van der Waals surface area contributed by atoms with Crippen molar-refractivity contribution in [3.63, 3.8) is 0 Å². The lowest BCUT2D eigenvalue weighted by molar-refractivity contribution is -0.124. The summed E-state index contributed by atoms with van der Waals surface area (Å²) in [4.78, 5) is 18.5. The van der Waals surface area contributed by atoms with Crippen molar-refractivity contribution >= 4 is 11.7 Å². The molecule has 0 radical (unpaired) electrons. The van der Waals surface area contributed by atoms with Gasteiger partial charge in [-0.2, -0.15) is 0 Å². The first-order chi connectivity index (χ1) is 15.5. The van der Waals surface area contributed by atoms with Gasteiger partial charge in [0.05, 0.1) is 5.70 Å². The van der Waals surface area contributed by atoms with E-state index in [1.165, 1.54) is 0 Å². The maximum Gasteiger partial charge on any atom is 0.223 e. The second-order valence-electron chi connectivity index (χ2n) is 9.03. The van der Waals surface area contributed by atoms with Gasteiger partial charge in [-0.05, 0) is 52.7 Å². The number of hydrogen-bond acceptors (Lipinski definition) is 6. The summed E-state index contributed by atoms with van der Waals surface area (Å²) in [6.07, 6.45) is 8.23. The second-order valence-corrected chi connectivity index (χ2v) is 9.03. The molecule has 7 heteroatoms. The Morgan fingerprint density at radius 3 is 2.55 bits per heavy atom. The molecule has 0 saturated heterocycles. The van der Waals surface area contributed by atoms with Crippen LogP contribution >= 0.6 is 0 Å². The Morgan fingerprint density at radius 2 is 2.00 bits per heavy atom. The maximum atomic E-state index is 12.0. The van der Waals surface area contributed by atoms with Gasteiger partial charge in [-0.3, -0.25) is 10.1 Å². The minimum absolute atomic E-state index is 0.00802. The van der Waals surface area contributed by atoms with Gasteiger partial charge in [-0.1, -0.05) is 44.2 Å². The molecular weight excluding hydrogens is 416 g/mol. The van der Waals surface area contributed by atoms with Gasteiger partial charge in [0.25, 0.3) is 0 Å². The minimum atomic E-state index is -0.772. The molecule has 1 amide bonds. The lowest BCUT2D eigenvalue weighted by Crippen LogP contribution is -2.44. The van der Waals surface area contributed by atoms with Gasteiger partial charge in [0.15, 0.2) is 0 Å². The van der Waals surface area contributed by atoms with Crippen molar-refractivity contribution in [2.45, 2.75) is 85.8 Å². The molecule has 33 heavy (non-hydrogen) atoms. The average molecular weight is 461 g/mol. The van der Waals surface area contributed by atoms with Crippen LogP contribution < -0.4 is 10.6 Å². The Bertz CT molecular complexity index is 782. The molecule has 1 rings (SSSR count). The molecule has 0 aromatic heterocycles. The monoisotopic (exact) mass is 460 g/mol. The predicted molar refractivity (Wildman–Crippen MR) is 137 cm³/mol. The third-order valence-corrected chi connectivity index (χ3v) is 5.58. The van der Waals surface area contributed by atoms with E-state index in [-0.39, 0.29) is 24.1 Å². The predicted octanol–water partition coefficient (Wildman–Crippen LogP) is 3.89. The average Bonchev–Trinajstić information content (AvgIpc) is 2.74. The van der Waals surface area contributed by atoms with Crippen LogP contribution in [0.1, 0.15) is 61.3 Å². The summed E-state index contributed by atoms with van der Waals surface area (Å²) in [6, 6.07) is 0.254. The summed E-state index contributed by atoms with van der Waals surface area (Å²) in [6.45, 7) is 18.6. The number of carbonyl (C=O) groups excluding carboxylic acids is 1. The van der Waals surface area contributed by atoms with Crippen LogP contribution in [0.4, 0.5) is 0 Å². The van der Waals surface area contributed by atoms with E-state index >= 15 is 0 Å². The number of hydrogen-bond donors (Lipinski definition) is 3. The number of aliphatic hydroxyl groups excluding tert-OH is 1. The van der Waals surface area contributed by atoms with Crippen LogP contribution in [0.5, 0.6) is 0 Å². The smallest absolute Gasteiger partial charge is 0.223 e. The highest BCUT2D eigenvalue weighted by Crippen LogP contribution is 2.21. The number of nitrogens with one attached hydrogen (secondary N) is 2. The summed E-state index contributed by atoms with van der Waals surface area (Å²) < 4.78 is 5.48. The number of methoxy groups -OCH3 is 1. The number of rotatable bonds is 13. The molecule has 7 nitrogen and oxygen atoms in total. The van der Waals surface area contributed by atoms with Crippen molar-refractivity contribution in [2.24, 2.45) is 10.9 Å². The first-order valence-corrected chi connectivity index (χ1v) is 11.8. The maximum absolute atomic E-state index is 12.0. The van der Waals surface area contributed by atoms with Gasteiger partial charge < -0.3 is 20.1 Å². The fourth-order valence-corrected chi connectivity index (χ4v) is 3.43. The number of ether oxygens (including phenoxy) is 1. The van der Waals surface area contributed by atoms with E-state index in [0.29, 0.717) is 23.9 Å². The minimum Gasteiger partial charge on any atom is -0.370 e. The number of aliphatic hydroxyl groups is 1. The van der Waals surface area contributed by atoms with Crippen LogP contribution in [-0.2, 0) is 9.53 Å². The molecule has 0 aromatic carbocycles.